The molecule has 22 heavy (non-hydrogen) atoms. The van der Waals surface area contributed by atoms with Gasteiger partial charge in [-0.15, -0.1) is 11.3 Å². The van der Waals surface area contributed by atoms with E-state index < -0.39 is 0 Å². The van der Waals surface area contributed by atoms with Gasteiger partial charge in [0, 0.05) is 10.4 Å². The molecule has 0 amide bonds. The molecule has 3 heteroatoms. The van der Waals surface area contributed by atoms with Crippen LogP contribution in [0.15, 0.2) is 60.8 Å². The second-order valence-corrected chi connectivity index (χ2v) is 6.47. The van der Waals surface area contributed by atoms with Crippen LogP contribution in [-0.4, -0.2) is 4.57 Å². The summed E-state index contributed by atoms with van der Waals surface area (Å²) in [7, 11) is 2.08. The van der Waals surface area contributed by atoms with Crippen molar-refractivity contribution in [3.63, 3.8) is 0 Å². The third-order valence-corrected chi connectivity index (χ3v) is 5.26. The molecule has 0 atom stereocenters. The highest BCUT2D eigenvalue weighted by Gasteiger charge is 2.17. The lowest BCUT2D eigenvalue weighted by Gasteiger charge is -2.11. The Morgan fingerprint density at radius 1 is 1.00 bits per heavy atom. The van der Waals surface area contributed by atoms with Crippen LogP contribution in [0.25, 0.3) is 26.5 Å². The van der Waals surface area contributed by atoms with Crippen molar-refractivity contribution in [2.45, 2.75) is 6.92 Å². The van der Waals surface area contributed by atoms with E-state index in [0.29, 0.717) is 0 Å². The van der Waals surface area contributed by atoms with Gasteiger partial charge in [-0.3, -0.25) is 4.57 Å². The Bertz CT molecular complexity index is 948. The minimum atomic E-state index is 1.13. The van der Waals surface area contributed by atoms with Gasteiger partial charge in [0.2, 0.25) is 0 Å². The molecule has 0 spiro atoms. The van der Waals surface area contributed by atoms with Gasteiger partial charge in [0.05, 0.1) is 24.3 Å². The zero-order chi connectivity index (χ0) is 15.1. The molecule has 0 aliphatic rings. The van der Waals surface area contributed by atoms with Crippen molar-refractivity contribution >= 4 is 21.4 Å². The van der Waals surface area contributed by atoms with Gasteiger partial charge >= 0.3 is 0 Å². The molecule has 2 aromatic heterocycles. The van der Waals surface area contributed by atoms with E-state index in [1.54, 1.807) is 0 Å². The zero-order valence-corrected chi connectivity index (χ0v) is 13.4. The van der Waals surface area contributed by atoms with Crippen LogP contribution in [0.2, 0.25) is 0 Å². The Balaban J connectivity index is 2.00. The van der Waals surface area contributed by atoms with Crippen molar-refractivity contribution in [1.29, 1.82) is 0 Å². The highest BCUT2D eigenvalue weighted by atomic mass is 32.1. The molecule has 0 aliphatic heterocycles. The Morgan fingerprint density at radius 2 is 1.73 bits per heavy atom. The van der Waals surface area contributed by atoms with Crippen molar-refractivity contribution in [3.8, 4) is 16.4 Å². The topological polar surface area (TPSA) is 8.81 Å². The fourth-order valence-corrected chi connectivity index (χ4v) is 4.13. The van der Waals surface area contributed by atoms with E-state index in [2.05, 4.69) is 77.8 Å². The number of rotatable bonds is 2. The number of fused-ring (bicyclic) bond motifs is 1. The van der Waals surface area contributed by atoms with Crippen molar-refractivity contribution < 1.29 is 4.57 Å². The summed E-state index contributed by atoms with van der Waals surface area (Å²) in [4.78, 5) is 1.30. The first kappa shape index (κ1) is 13.3. The van der Waals surface area contributed by atoms with Gasteiger partial charge in [0.1, 0.15) is 0 Å². The van der Waals surface area contributed by atoms with Crippen LogP contribution in [0.3, 0.4) is 0 Å². The van der Waals surface area contributed by atoms with Crippen LogP contribution in [0, 0.1) is 13.1 Å². The molecule has 0 aliphatic carbocycles. The summed E-state index contributed by atoms with van der Waals surface area (Å²) in [5.41, 5.74) is 2.47. The summed E-state index contributed by atoms with van der Waals surface area (Å²) in [6.45, 7) is 2.20. The van der Waals surface area contributed by atoms with Crippen molar-refractivity contribution in [2.24, 2.45) is 7.05 Å². The van der Waals surface area contributed by atoms with E-state index in [-0.39, 0.29) is 0 Å². The Morgan fingerprint density at radius 3 is 2.50 bits per heavy atom. The molecule has 0 saturated heterocycles. The molecule has 108 valence electrons. The number of benzene rings is 2. The SMILES string of the molecule is Cc1c(-c2n(C)c[c-][n+]2-c2ccccc2)sc2ccccc12. The second-order valence-electron chi connectivity index (χ2n) is 5.42. The fraction of sp³-hybridized carbons (Fsp3) is 0.105. The third kappa shape index (κ3) is 1.97. The number of aromatic nitrogens is 2. The lowest BCUT2D eigenvalue weighted by atomic mass is 10.1. The molecule has 0 saturated carbocycles. The van der Waals surface area contributed by atoms with Crippen LogP contribution in [-0.2, 0) is 7.05 Å². The number of aryl methyl sites for hydroxylation is 2. The predicted octanol–water partition coefficient (Wildman–Crippen LogP) is 4.29. The number of thiophene rings is 1. The van der Waals surface area contributed by atoms with Crippen molar-refractivity contribution in [2.75, 3.05) is 0 Å². The zero-order valence-electron chi connectivity index (χ0n) is 12.6. The predicted molar refractivity (Wildman–Crippen MR) is 91.3 cm³/mol. The van der Waals surface area contributed by atoms with E-state index in [1.165, 1.54) is 26.4 Å². The maximum absolute atomic E-state index is 3.35. The minimum Gasteiger partial charge on any atom is -0.356 e. The highest BCUT2D eigenvalue weighted by Crippen LogP contribution is 2.36. The summed E-state index contributed by atoms with van der Waals surface area (Å²) in [6.07, 6.45) is 5.34. The summed E-state index contributed by atoms with van der Waals surface area (Å²) < 4.78 is 5.61. The molecule has 0 bridgehead atoms. The van der Waals surface area contributed by atoms with Gasteiger partial charge in [0.15, 0.2) is 5.82 Å². The lowest BCUT2D eigenvalue weighted by Crippen LogP contribution is -2.31. The monoisotopic (exact) mass is 304 g/mol. The molecule has 4 rings (SSSR count). The van der Waals surface area contributed by atoms with E-state index in [4.69, 9.17) is 0 Å². The standard InChI is InChI=1S/C19H16N2S/c1-14-16-10-6-7-11-17(16)22-18(14)19-20(2)12-13-21(19)15-8-4-3-5-9-15/h3-12H,1-2H3. The Kier molecular flexibility index (Phi) is 3.09. The molecule has 0 N–H and O–H groups in total. The molecule has 4 aromatic rings. The van der Waals surface area contributed by atoms with Gasteiger partial charge in [0.25, 0.3) is 0 Å². The first-order valence-corrected chi connectivity index (χ1v) is 8.10. The van der Waals surface area contributed by atoms with Gasteiger partial charge in [-0.25, -0.2) is 0 Å². The Labute approximate surface area is 133 Å². The van der Waals surface area contributed by atoms with Gasteiger partial charge in [-0.05, 0) is 23.9 Å². The second kappa shape index (κ2) is 5.11. The average Bonchev–Trinajstić information content (AvgIpc) is 3.09. The van der Waals surface area contributed by atoms with Crippen LogP contribution in [0.5, 0.6) is 0 Å². The molecular formula is C19H16N2S. The largest absolute Gasteiger partial charge is 0.356 e. The quantitative estimate of drug-likeness (QED) is 0.386. The van der Waals surface area contributed by atoms with Crippen LogP contribution in [0.4, 0.5) is 0 Å². The normalized spacial score (nSPS) is 11.2. The average molecular weight is 304 g/mol. The molecule has 0 unspecified atom stereocenters. The number of nitrogens with zero attached hydrogens (tertiary/aromatic N) is 2. The molecule has 2 aromatic carbocycles. The minimum absolute atomic E-state index is 1.13. The molecule has 0 fully saturated rings. The fourth-order valence-electron chi connectivity index (χ4n) is 2.85. The first-order valence-electron chi connectivity index (χ1n) is 7.28. The third-order valence-electron chi connectivity index (χ3n) is 3.99. The molecular weight excluding hydrogens is 288 g/mol. The number of para-hydroxylation sites is 1. The molecule has 0 radical (unpaired) electrons. The van der Waals surface area contributed by atoms with Crippen molar-refractivity contribution in [1.82, 2.24) is 4.57 Å². The Hall–Kier alpha value is -2.39. The van der Waals surface area contributed by atoms with Crippen LogP contribution < -0.4 is 4.57 Å². The van der Waals surface area contributed by atoms with E-state index in [9.17, 15) is 0 Å². The number of hydrogen-bond donors (Lipinski definition) is 0. The summed E-state index contributed by atoms with van der Waals surface area (Å²) in [5.74, 6) is 1.17. The van der Waals surface area contributed by atoms with Crippen LogP contribution in [0.1, 0.15) is 5.56 Å². The van der Waals surface area contributed by atoms with E-state index in [1.807, 2.05) is 23.6 Å². The van der Waals surface area contributed by atoms with E-state index >= 15 is 0 Å². The lowest BCUT2D eigenvalue weighted by molar-refractivity contribution is -0.587. The summed E-state index contributed by atoms with van der Waals surface area (Å²) >= 11 is 1.84. The summed E-state index contributed by atoms with van der Waals surface area (Å²) in [6, 6.07) is 19.0. The smallest absolute Gasteiger partial charge is 0.196 e. The highest BCUT2D eigenvalue weighted by molar-refractivity contribution is 7.22. The van der Waals surface area contributed by atoms with Gasteiger partial charge in [-0.1, -0.05) is 48.5 Å². The number of hydrogen-bond acceptors (Lipinski definition) is 1. The summed E-state index contributed by atoms with van der Waals surface area (Å²) in [5, 5.41) is 1.34. The van der Waals surface area contributed by atoms with Crippen molar-refractivity contribution in [3.05, 3.63) is 72.6 Å². The molecule has 2 heterocycles. The number of imidazole rings is 1. The van der Waals surface area contributed by atoms with Gasteiger partial charge < -0.3 is 4.57 Å². The van der Waals surface area contributed by atoms with E-state index in [0.717, 1.165) is 5.69 Å². The van der Waals surface area contributed by atoms with Crippen LogP contribution >= 0.6 is 11.3 Å². The maximum Gasteiger partial charge on any atom is 0.196 e. The first-order chi connectivity index (χ1) is 10.8. The van der Waals surface area contributed by atoms with Gasteiger partial charge in [-0.2, -0.15) is 0 Å². The molecule has 2 nitrogen and oxygen atoms in total. The maximum atomic E-state index is 3.35.